The maximum absolute atomic E-state index is 13.8. The lowest BCUT2D eigenvalue weighted by molar-refractivity contribution is -0.130. The van der Waals surface area contributed by atoms with Gasteiger partial charge in [0, 0.05) is 67.6 Å². The number of nitrogens with one attached hydrogen (secondary N) is 2. The lowest BCUT2D eigenvalue weighted by Crippen LogP contribution is -2.55. The molecule has 1 unspecified atom stereocenters. The number of halogens is 6. The zero-order chi connectivity index (χ0) is 41.5. The Balaban J connectivity index is 0.000000270. The molecule has 57 heavy (non-hydrogen) atoms. The monoisotopic (exact) mass is 857 g/mol. The minimum absolute atomic E-state index is 0.0178. The first-order chi connectivity index (χ1) is 26.9. The molecular formula is C40H45BrF5N9O2. The zero-order valence-corrected chi connectivity index (χ0v) is 33.6. The Hall–Kier alpha value is -5.19. The van der Waals surface area contributed by atoms with Crippen molar-refractivity contribution in [1.29, 1.82) is 0 Å². The molecule has 1 aliphatic carbocycles. The van der Waals surface area contributed by atoms with E-state index in [9.17, 15) is 31.5 Å². The SMILES string of the molecule is C=C1N=CC=CN1/C(=C\CCC)CC(NC(=O)C1CC1)C(=O)NC(C)(C)Cn1nc(C(F)(F)CF)cc1Br.CC(F)(F)c1cn2cc(-c3ccccc3)cnc2n1. The lowest BCUT2D eigenvalue weighted by Gasteiger charge is -2.31. The summed E-state index contributed by atoms with van der Waals surface area (Å²) in [6, 6.07) is 9.79. The van der Waals surface area contributed by atoms with Crippen LogP contribution >= 0.6 is 15.9 Å². The highest BCUT2D eigenvalue weighted by Gasteiger charge is 2.38. The summed E-state index contributed by atoms with van der Waals surface area (Å²) < 4.78 is 69.8. The van der Waals surface area contributed by atoms with Crippen LogP contribution in [0.4, 0.5) is 22.0 Å². The van der Waals surface area contributed by atoms with Gasteiger partial charge in [0.1, 0.15) is 27.9 Å². The topological polar surface area (TPSA) is 122 Å². The first-order valence-electron chi connectivity index (χ1n) is 18.4. The molecule has 1 saturated carbocycles. The van der Waals surface area contributed by atoms with Crippen LogP contribution < -0.4 is 10.6 Å². The second-order valence-electron chi connectivity index (χ2n) is 14.6. The predicted octanol–water partition coefficient (Wildman–Crippen LogP) is 8.45. The number of hydrogen-bond donors (Lipinski definition) is 2. The van der Waals surface area contributed by atoms with Crippen LogP contribution in [0.15, 0.2) is 101 Å². The Morgan fingerprint density at radius 1 is 1.07 bits per heavy atom. The molecule has 2 amide bonds. The number of carbonyl (C=O) groups excluding carboxylic acids is 2. The molecule has 0 radical (unpaired) electrons. The van der Waals surface area contributed by atoms with Gasteiger partial charge in [-0.25, -0.2) is 19.4 Å². The number of hydrogen-bond acceptors (Lipinski definition) is 7. The molecule has 4 aromatic rings. The highest BCUT2D eigenvalue weighted by atomic mass is 79.9. The summed E-state index contributed by atoms with van der Waals surface area (Å²) in [6.07, 6.45) is 15.3. The highest BCUT2D eigenvalue weighted by Crippen LogP contribution is 2.32. The molecule has 1 aliphatic heterocycles. The summed E-state index contributed by atoms with van der Waals surface area (Å²) in [6.45, 7) is 8.41. The van der Waals surface area contributed by atoms with Gasteiger partial charge < -0.3 is 15.5 Å². The summed E-state index contributed by atoms with van der Waals surface area (Å²) in [4.78, 5) is 40.2. The van der Waals surface area contributed by atoms with Crippen molar-refractivity contribution in [3.63, 3.8) is 0 Å². The number of benzene rings is 1. The maximum Gasteiger partial charge on any atom is 0.319 e. The van der Waals surface area contributed by atoms with Gasteiger partial charge in [0.25, 0.3) is 5.92 Å². The second kappa shape index (κ2) is 17.9. The normalized spacial score (nSPS) is 15.4. The summed E-state index contributed by atoms with van der Waals surface area (Å²) in [7, 11) is 0. The first-order valence-corrected chi connectivity index (χ1v) is 19.2. The van der Waals surface area contributed by atoms with Crippen molar-refractivity contribution in [1.82, 2.24) is 39.7 Å². The third-order valence-corrected chi connectivity index (χ3v) is 9.58. The van der Waals surface area contributed by atoms with Crippen LogP contribution in [0.1, 0.15) is 71.2 Å². The van der Waals surface area contributed by atoms with Gasteiger partial charge in [0.15, 0.2) is 6.67 Å². The van der Waals surface area contributed by atoms with Crippen LogP contribution in [0.3, 0.4) is 0 Å². The zero-order valence-electron chi connectivity index (χ0n) is 32.0. The van der Waals surface area contributed by atoms with Crippen LogP contribution in [0, 0.1) is 5.92 Å². The number of rotatable bonds is 15. The first kappa shape index (κ1) is 42.9. The molecule has 11 nitrogen and oxygen atoms in total. The fraction of sp³-hybridized carbons (Fsp3) is 0.400. The van der Waals surface area contributed by atoms with Crippen molar-refractivity contribution in [2.45, 2.75) is 89.8 Å². The van der Waals surface area contributed by atoms with Crippen LogP contribution in [0.2, 0.25) is 0 Å². The maximum atomic E-state index is 13.8. The number of nitrogens with zero attached hydrogens (tertiary/aromatic N) is 7. The number of carbonyl (C=O) groups is 2. The van der Waals surface area contributed by atoms with E-state index in [4.69, 9.17) is 0 Å². The van der Waals surface area contributed by atoms with E-state index in [2.05, 4.69) is 53.2 Å². The molecule has 0 bridgehead atoms. The molecule has 2 aliphatic rings. The fourth-order valence-corrected chi connectivity index (χ4v) is 6.19. The lowest BCUT2D eigenvalue weighted by atomic mass is 10.0. The molecule has 17 heteroatoms. The summed E-state index contributed by atoms with van der Waals surface area (Å²) in [5.74, 6) is -6.62. The second-order valence-corrected chi connectivity index (χ2v) is 15.4. The molecule has 1 atom stereocenters. The van der Waals surface area contributed by atoms with Crippen molar-refractivity contribution < 1.29 is 31.5 Å². The number of fused-ring (bicyclic) bond motifs is 1. The van der Waals surface area contributed by atoms with Gasteiger partial charge in [0.2, 0.25) is 17.6 Å². The molecule has 0 spiro atoms. The van der Waals surface area contributed by atoms with E-state index in [1.807, 2.05) is 43.3 Å². The Kier molecular flexibility index (Phi) is 13.5. The molecule has 4 heterocycles. The largest absolute Gasteiger partial charge is 0.348 e. The average molecular weight is 859 g/mol. The van der Waals surface area contributed by atoms with Crippen LogP contribution in [-0.2, 0) is 28.0 Å². The van der Waals surface area contributed by atoms with E-state index in [0.717, 1.165) is 55.5 Å². The van der Waals surface area contributed by atoms with Crippen LogP contribution in [0.25, 0.3) is 16.9 Å². The summed E-state index contributed by atoms with van der Waals surface area (Å²) >= 11 is 3.18. The standard InChI is InChI=1S/C26H34BrF3N6O2.C14H11F2N3/c1-5-6-8-19(35-12-7-11-31-17(35)2)13-20(32-23(37)18-9-10-18)24(38)33-25(3,4)16-36-22(27)14-21(34-36)26(29,30)15-28;1-14(15,16)12-9-19-8-11(7-17-13(19)18-12)10-5-3-2-4-6-10/h7-8,11-12,14,18,20H,2,5-6,9-10,13,15-16H2,1,3-4H3,(H,32,37)(H,33,38);2-9H,1H3/b19-8-;. The minimum Gasteiger partial charge on any atom is -0.348 e. The third kappa shape index (κ3) is 11.5. The van der Waals surface area contributed by atoms with Crippen molar-refractivity contribution in [2.24, 2.45) is 10.9 Å². The van der Waals surface area contributed by atoms with Crippen LogP contribution in [0.5, 0.6) is 0 Å². The van der Waals surface area contributed by atoms with E-state index in [-0.39, 0.29) is 40.9 Å². The molecule has 1 fully saturated rings. The van der Waals surface area contributed by atoms with E-state index < -0.39 is 41.7 Å². The van der Waals surface area contributed by atoms with Gasteiger partial charge in [-0.1, -0.05) is 56.3 Å². The van der Waals surface area contributed by atoms with Crippen LogP contribution in [-0.4, -0.2) is 65.3 Å². The van der Waals surface area contributed by atoms with E-state index in [1.165, 1.54) is 15.3 Å². The Labute approximate surface area is 336 Å². The van der Waals surface area contributed by atoms with Gasteiger partial charge in [-0.15, -0.1) is 0 Å². The van der Waals surface area contributed by atoms with Crippen molar-refractivity contribution in [3.05, 3.63) is 107 Å². The van der Waals surface area contributed by atoms with Crippen molar-refractivity contribution >= 4 is 39.7 Å². The molecule has 1 aromatic carbocycles. The average Bonchev–Trinajstić information content (AvgIpc) is 3.83. The van der Waals surface area contributed by atoms with Gasteiger partial charge in [-0.3, -0.25) is 18.7 Å². The van der Waals surface area contributed by atoms with Crippen molar-refractivity contribution in [3.8, 4) is 11.1 Å². The molecule has 0 saturated heterocycles. The van der Waals surface area contributed by atoms with E-state index >= 15 is 0 Å². The summed E-state index contributed by atoms with van der Waals surface area (Å²) in [5.41, 5.74) is 0.679. The fourth-order valence-electron chi connectivity index (χ4n) is 5.77. The van der Waals surface area contributed by atoms with E-state index in [1.54, 1.807) is 49.6 Å². The Morgan fingerprint density at radius 2 is 1.79 bits per heavy atom. The minimum atomic E-state index is -3.71. The molecule has 3 aromatic heterocycles. The number of imidazole rings is 1. The number of aliphatic imine (C=N–C) groups is 1. The summed E-state index contributed by atoms with van der Waals surface area (Å²) in [5, 5.41) is 9.64. The van der Waals surface area contributed by atoms with Crippen molar-refractivity contribution in [2.75, 3.05) is 6.67 Å². The number of allylic oxidation sites excluding steroid dienone is 2. The highest BCUT2D eigenvalue weighted by molar-refractivity contribution is 9.10. The quantitative estimate of drug-likeness (QED) is 0.116. The Morgan fingerprint density at radius 3 is 2.42 bits per heavy atom. The number of amides is 2. The Bertz CT molecular complexity index is 2150. The van der Waals surface area contributed by atoms with Gasteiger partial charge in [0.05, 0.1) is 12.1 Å². The smallest absolute Gasteiger partial charge is 0.319 e. The molecule has 2 N–H and O–H groups in total. The molecular weight excluding hydrogens is 813 g/mol. The van der Waals surface area contributed by atoms with Gasteiger partial charge >= 0.3 is 5.92 Å². The number of unbranched alkanes of at least 4 members (excludes halogenated alkanes) is 1. The number of aromatic nitrogens is 5. The van der Waals surface area contributed by atoms with Gasteiger partial charge in [-0.05, 0) is 60.7 Å². The number of alkyl halides is 5. The van der Waals surface area contributed by atoms with Gasteiger partial charge in [-0.2, -0.15) is 22.7 Å². The predicted molar refractivity (Wildman–Crippen MR) is 211 cm³/mol. The molecule has 304 valence electrons. The third-order valence-electron chi connectivity index (χ3n) is 8.94. The van der Waals surface area contributed by atoms with E-state index in [0.29, 0.717) is 5.82 Å². The molecule has 6 rings (SSSR count).